The zero-order chi connectivity index (χ0) is 13.4. The standard InChI is InChI=1S/C15H23OP/c1-9-7-12(15(4,5)6)8-10(2)13(9)14(16)11(3)17/h7-8,11H,17H2,1-6H3. The topological polar surface area (TPSA) is 17.1 Å². The van der Waals surface area contributed by atoms with Crippen molar-refractivity contribution < 1.29 is 4.79 Å². The summed E-state index contributed by atoms with van der Waals surface area (Å²) in [7, 11) is 2.58. The van der Waals surface area contributed by atoms with Crippen LogP contribution in [0.4, 0.5) is 0 Å². The molecule has 0 spiro atoms. The van der Waals surface area contributed by atoms with Crippen molar-refractivity contribution >= 4 is 15.0 Å². The van der Waals surface area contributed by atoms with Crippen molar-refractivity contribution in [3.63, 3.8) is 0 Å². The summed E-state index contributed by atoms with van der Waals surface area (Å²) < 4.78 is 0. The monoisotopic (exact) mass is 250 g/mol. The third kappa shape index (κ3) is 3.16. The first-order chi connectivity index (χ1) is 7.64. The number of carbonyl (C=O) groups excluding carboxylic acids is 1. The van der Waals surface area contributed by atoms with Gasteiger partial charge in [0.1, 0.15) is 0 Å². The zero-order valence-electron chi connectivity index (χ0n) is 11.7. The lowest BCUT2D eigenvalue weighted by Crippen LogP contribution is -2.17. The zero-order valence-corrected chi connectivity index (χ0v) is 12.9. The van der Waals surface area contributed by atoms with E-state index in [1.165, 1.54) is 5.56 Å². The molecule has 0 bridgehead atoms. The number of carbonyl (C=O) groups is 1. The van der Waals surface area contributed by atoms with Crippen molar-refractivity contribution in [2.75, 3.05) is 0 Å². The molecule has 94 valence electrons. The maximum Gasteiger partial charge on any atom is 0.169 e. The van der Waals surface area contributed by atoms with Crippen molar-refractivity contribution in [3.05, 3.63) is 34.4 Å². The normalized spacial score (nSPS) is 13.6. The van der Waals surface area contributed by atoms with Crippen molar-refractivity contribution in [2.24, 2.45) is 0 Å². The van der Waals surface area contributed by atoms with E-state index in [1.54, 1.807) is 0 Å². The van der Waals surface area contributed by atoms with E-state index in [1.807, 2.05) is 20.8 Å². The highest BCUT2D eigenvalue weighted by atomic mass is 31.0. The second-order valence-corrected chi connectivity index (χ2v) is 6.89. The first kappa shape index (κ1) is 14.4. The molecule has 0 saturated carbocycles. The van der Waals surface area contributed by atoms with Crippen LogP contribution in [0.25, 0.3) is 0 Å². The van der Waals surface area contributed by atoms with Gasteiger partial charge in [-0.1, -0.05) is 39.8 Å². The molecule has 0 saturated heterocycles. The molecular weight excluding hydrogens is 227 g/mol. The third-order valence-electron chi connectivity index (χ3n) is 3.06. The SMILES string of the molecule is Cc1cc(C(C)(C)C)cc(C)c1C(=O)C(C)P. The van der Waals surface area contributed by atoms with Crippen LogP contribution in [0.1, 0.15) is 54.7 Å². The lowest BCUT2D eigenvalue weighted by Gasteiger charge is -2.22. The van der Waals surface area contributed by atoms with Crippen LogP contribution in [0, 0.1) is 13.8 Å². The second-order valence-electron chi connectivity index (χ2n) is 5.89. The van der Waals surface area contributed by atoms with Gasteiger partial charge < -0.3 is 0 Å². The fraction of sp³-hybridized carbons (Fsp3) is 0.533. The first-order valence-corrected chi connectivity index (χ1v) is 6.72. The molecule has 2 atom stereocenters. The average molecular weight is 250 g/mol. The predicted octanol–water partition coefficient (Wildman–Crippen LogP) is 4.05. The van der Waals surface area contributed by atoms with E-state index in [0.717, 1.165) is 16.7 Å². The Balaban J connectivity index is 3.35. The molecule has 0 aliphatic heterocycles. The van der Waals surface area contributed by atoms with Crippen molar-refractivity contribution in [2.45, 2.75) is 52.6 Å². The molecule has 2 unspecified atom stereocenters. The van der Waals surface area contributed by atoms with Gasteiger partial charge in [-0.25, -0.2) is 0 Å². The number of Topliss-reactive ketones (excluding diaryl/α,β-unsaturated/α-hetero) is 1. The quantitative estimate of drug-likeness (QED) is 0.571. The lowest BCUT2D eigenvalue weighted by atomic mass is 9.83. The summed E-state index contributed by atoms with van der Waals surface area (Å²) >= 11 is 0. The second kappa shape index (κ2) is 4.90. The molecule has 0 N–H and O–H groups in total. The van der Waals surface area contributed by atoms with Gasteiger partial charge in [0.05, 0.1) is 0 Å². The van der Waals surface area contributed by atoms with Gasteiger partial charge >= 0.3 is 0 Å². The van der Waals surface area contributed by atoms with Crippen LogP contribution in [-0.4, -0.2) is 11.4 Å². The van der Waals surface area contributed by atoms with Crippen molar-refractivity contribution in [1.82, 2.24) is 0 Å². The predicted molar refractivity (Wildman–Crippen MR) is 78.1 cm³/mol. The van der Waals surface area contributed by atoms with Crippen LogP contribution in [0.3, 0.4) is 0 Å². The number of benzene rings is 1. The molecule has 0 radical (unpaired) electrons. The van der Waals surface area contributed by atoms with Crippen molar-refractivity contribution in [3.8, 4) is 0 Å². The summed E-state index contributed by atoms with van der Waals surface area (Å²) in [5, 5.41) is 0. The molecule has 0 amide bonds. The van der Waals surface area contributed by atoms with Crippen LogP contribution in [0.5, 0.6) is 0 Å². The summed E-state index contributed by atoms with van der Waals surface area (Å²) in [4.78, 5) is 12.1. The summed E-state index contributed by atoms with van der Waals surface area (Å²) in [6.07, 6.45) is 0. The van der Waals surface area contributed by atoms with E-state index in [9.17, 15) is 4.79 Å². The van der Waals surface area contributed by atoms with Crippen LogP contribution >= 0.6 is 9.24 Å². The molecule has 0 aromatic heterocycles. The largest absolute Gasteiger partial charge is 0.293 e. The molecule has 0 heterocycles. The molecule has 1 aromatic carbocycles. The Morgan fingerprint density at radius 3 is 1.88 bits per heavy atom. The molecule has 2 heteroatoms. The van der Waals surface area contributed by atoms with Gasteiger partial charge in [0.15, 0.2) is 5.78 Å². The molecule has 17 heavy (non-hydrogen) atoms. The maximum atomic E-state index is 12.1. The lowest BCUT2D eigenvalue weighted by molar-refractivity contribution is 0.0992. The number of hydrogen-bond donors (Lipinski definition) is 0. The van der Waals surface area contributed by atoms with Gasteiger partial charge in [-0.3, -0.25) is 4.79 Å². The van der Waals surface area contributed by atoms with E-state index in [0.29, 0.717) is 0 Å². The van der Waals surface area contributed by atoms with Gasteiger partial charge in [-0.2, -0.15) is 0 Å². The molecule has 1 nitrogen and oxygen atoms in total. The fourth-order valence-electron chi connectivity index (χ4n) is 2.01. The van der Waals surface area contributed by atoms with E-state index in [4.69, 9.17) is 0 Å². The van der Waals surface area contributed by atoms with E-state index < -0.39 is 0 Å². The van der Waals surface area contributed by atoms with E-state index in [-0.39, 0.29) is 16.9 Å². The molecular formula is C15H23OP. The van der Waals surface area contributed by atoms with E-state index >= 15 is 0 Å². The Hall–Kier alpha value is -0.680. The molecule has 1 aromatic rings. The highest BCUT2D eigenvalue weighted by Gasteiger charge is 2.20. The van der Waals surface area contributed by atoms with Gasteiger partial charge in [0, 0.05) is 11.2 Å². The average Bonchev–Trinajstić information content (AvgIpc) is 2.14. The molecule has 0 aliphatic rings. The van der Waals surface area contributed by atoms with E-state index in [2.05, 4.69) is 42.1 Å². The first-order valence-electron chi connectivity index (χ1n) is 6.06. The Morgan fingerprint density at radius 2 is 1.59 bits per heavy atom. The number of hydrogen-bond acceptors (Lipinski definition) is 1. The number of rotatable bonds is 2. The summed E-state index contributed by atoms with van der Waals surface area (Å²) in [5.74, 6) is 0.213. The van der Waals surface area contributed by atoms with Gasteiger partial charge in [0.25, 0.3) is 0 Å². The Kier molecular flexibility index (Phi) is 4.15. The Morgan fingerprint density at radius 1 is 1.18 bits per heavy atom. The minimum Gasteiger partial charge on any atom is -0.293 e. The highest BCUT2D eigenvalue weighted by molar-refractivity contribution is 7.19. The number of aryl methyl sites for hydroxylation is 2. The van der Waals surface area contributed by atoms with Crippen LogP contribution in [-0.2, 0) is 5.41 Å². The molecule has 0 aliphatic carbocycles. The smallest absolute Gasteiger partial charge is 0.169 e. The Bertz CT molecular complexity index is 416. The fourth-order valence-corrected chi connectivity index (χ4v) is 2.18. The number of ketones is 1. The van der Waals surface area contributed by atoms with Crippen LogP contribution in [0.2, 0.25) is 0 Å². The van der Waals surface area contributed by atoms with Crippen LogP contribution in [0.15, 0.2) is 12.1 Å². The third-order valence-corrected chi connectivity index (χ3v) is 3.36. The van der Waals surface area contributed by atoms with Crippen LogP contribution < -0.4 is 0 Å². The maximum absolute atomic E-state index is 12.1. The van der Waals surface area contributed by atoms with Gasteiger partial charge in [-0.15, -0.1) is 9.24 Å². The molecule has 1 rings (SSSR count). The Labute approximate surface area is 107 Å². The summed E-state index contributed by atoms with van der Waals surface area (Å²) in [6.45, 7) is 12.6. The summed E-state index contributed by atoms with van der Waals surface area (Å²) in [6, 6.07) is 4.29. The highest BCUT2D eigenvalue weighted by Crippen LogP contribution is 2.28. The molecule has 0 fully saturated rings. The van der Waals surface area contributed by atoms with Gasteiger partial charge in [0.2, 0.25) is 0 Å². The minimum atomic E-state index is -0.0205. The van der Waals surface area contributed by atoms with Gasteiger partial charge in [-0.05, 0) is 36.0 Å². The van der Waals surface area contributed by atoms with Crippen molar-refractivity contribution in [1.29, 1.82) is 0 Å². The summed E-state index contributed by atoms with van der Waals surface area (Å²) in [5.41, 5.74) is 4.47. The minimum absolute atomic E-state index is 0.0205.